The molecule has 1 aromatic heterocycles. The number of carboxylic acids is 1. The second-order valence-corrected chi connectivity index (χ2v) is 2.77. The summed E-state index contributed by atoms with van der Waals surface area (Å²) in [6, 6.07) is 3.02. The highest BCUT2D eigenvalue weighted by molar-refractivity contribution is 6.17. The molecule has 0 aromatic carbocycles. The number of allylic oxidation sites excluding steroid dienone is 1. The fourth-order valence-electron chi connectivity index (χ4n) is 0.820. The Bertz CT molecular complexity index is 314. The van der Waals surface area contributed by atoms with Crippen molar-refractivity contribution in [2.45, 2.75) is 6.42 Å². The van der Waals surface area contributed by atoms with E-state index in [9.17, 15) is 4.79 Å². The molecule has 0 aliphatic carbocycles. The highest BCUT2D eigenvalue weighted by Crippen LogP contribution is 2.09. The Kier molecular flexibility index (Phi) is 3.58. The molecule has 4 heteroatoms. The van der Waals surface area contributed by atoms with Gasteiger partial charge in [-0.3, -0.25) is 0 Å². The molecule has 13 heavy (non-hydrogen) atoms. The van der Waals surface area contributed by atoms with Crippen molar-refractivity contribution in [3.63, 3.8) is 0 Å². The molecule has 1 rings (SSSR count). The van der Waals surface area contributed by atoms with Gasteiger partial charge in [0.2, 0.25) is 5.76 Å². The van der Waals surface area contributed by atoms with Crippen LogP contribution in [-0.4, -0.2) is 17.0 Å². The van der Waals surface area contributed by atoms with Crippen LogP contribution in [0.1, 0.15) is 22.7 Å². The first-order valence-electron chi connectivity index (χ1n) is 3.79. The van der Waals surface area contributed by atoms with E-state index in [0.29, 0.717) is 11.6 Å². The summed E-state index contributed by atoms with van der Waals surface area (Å²) < 4.78 is 4.96. The molecule has 0 amide bonds. The highest BCUT2D eigenvalue weighted by atomic mass is 35.5. The molecule has 1 heterocycles. The average molecular weight is 201 g/mol. The van der Waals surface area contributed by atoms with Gasteiger partial charge in [-0.15, -0.1) is 11.6 Å². The monoisotopic (exact) mass is 200 g/mol. The quantitative estimate of drug-likeness (QED) is 0.761. The normalized spacial score (nSPS) is 10.8. The van der Waals surface area contributed by atoms with E-state index >= 15 is 0 Å². The van der Waals surface area contributed by atoms with Crippen LogP contribution in [0.2, 0.25) is 0 Å². The molecule has 70 valence electrons. The molecule has 0 spiro atoms. The fourth-order valence-corrected chi connectivity index (χ4v) is 0.946. The molecular formula is C9H9ClO3. The SMILES string of the molecule is O=C(O)c1ccc(C=CCCCl)o1. The lowest BCUT2D eigenvalue weighted by Gasteiger charge is -1.85. The molecule has 0 radical (unpaired) electrons. The second-order valence-electron chi connectivity index (χ2n) is 2.39. The van der Waals surface area contributed by atoms with Crippen molar-refractivity contribution in [3.8, 4) is 0 Å². The third-order valence-electron chi connectivity index (χ3n) is 1.40. The first-order chi connectivity index (χ1) is 6.24. The molecule has 1 N–H and O–H groups in total. The maximum absolute atomic E-state index is 10.4. The molecule has 0 fully saturated rings. The zero-order valence-electron chi connectivity index (χ0n) is 6.87. The number of rotatable bonds is 4. The number of carbonyl (C=O) groups is 1. The second kappa shape index (κ2) is 4.72. The van der Waals surface area contributed by atoms with Crippen molar-refractivity contribution < 1.29 is 14.3 Å². The molecule has 0 aliphatic heterocycles. The summed E-state index contributed by atoms with van der Waals surface area (Å²) in [5.41, 5.74) is 0. The molecule has 0 unspecified atom stereocenters. The van der Waals surface area contributed by atoms with Crippen molar-refractivity contribution in [3.05, 3.63) is 29.7 Å². The van der Waals surface area contributed by atoms with Crippen molar-refractivity contribution in [1.82, 2.24) is 0 Å². The smallest absolute Gasteiger partial charge is 0.371 e. The zero-order chi connectivity index (χ0) is 9.68. The topological polar surface area (TPSA) is 50.4 Å². The predicted octanol–water partition coefficient (Wildman–Crippen LogP) is 2.62. The highest BCUT2D eigenvalue weighted by Gasteiger charge is 2.06. The van der Waals surface area contributed by atoms with Crippen LogP contribution in [-0.2, 0) is 0 Å². The summed E-state index contributed by atoms with van der Waals surface area (Å²) in [4.78, 5) is 10.4. The van der Waals surface area contributed by atoms with Crippen LogP contribution in [0.15, 0.2) is 22.6 Å². The summed E-state index contributed by atoms with van der Waals surface area (Å²) in [6.07, 6.45) is 4.27. The van der Waals surface area contributed by atoms with Crippen LogP contribution in [0.25, 0.3) is 6.08 Å². The predicted molar refractivity (Wildman–Crippen MR) is 50.0 cm³/mol. The number of hydrogen-bond donors (Lipinski definition) is 1. The van der Waals surface area contributed by atoms with Gasteiger partial charge in [0, 0.05) is 5.88 Å². The number of halogens is 1. The van der Waals surface area contributed by atoms with E-state index in [1.54, 1.807) is 12.1 Å². The Labute approximate surface area is 80.6 Å². The van der Waals surface area contributed by atoms with E-state index in [4.69, 9.17) is 21.1 Å². The fraction of sp³-hybridized carbons (Fsp3) is 0.222. The molecule has 0 saturated carbocycles. The summed E-state index contributed by atoms with van der Waals surface area (Å²) in [5.74, 6) is -0.0340. The van der Waals surface area contributed by atoms with E-state index in [0.717, 1.165) is 6.42 Å². The minimum atomic E-state index is -1.06. The number of alkyl halides is 1. The number of aromatic carboxylic acids is 1. The van der Waals surface area contributed by atoms with Crippen LogP contribution >= 0.6 is 11.6 Å². The van der Waals surface area contributed by atoms with Gasteiger partial charge in [-0.25, -0.2) is 4.79 Å². The van der Waals surface area contributed by atoms with E-state index < -0.39 is 5.97 Å². The van der Waals surface area contributed by atoms with Gasteiger partial charge in [0.25, 0.3) is 0 Å². The molecule has 0 atom stereocenters. The molecule has 3 nitrogen and oxygen atoms in total. The Hall–Kier alpha value is -1.22. The standard InChI is InChI=1S/C9H9ClO3/c10-6-2-1-3-7-4-5-8(13-7)9(11)12/h1,3-5H,2,6H2,(H,11,12). The van der Waals surface area contributed by atoms with E-state index in [1.165, 1.54) is 6.07 Å². The van der Waals surface area contributed by atoms with Gasteiger partial charge in [-0.1, -0.05) is 6.08 Å². The average Bonchev–Trinajstić information content (AvgIpc) is 2.53. The van der Waals surface area contributed by atoms with Crippen molar-refractivity contribution in [1.29, 1.82) is 0 Å². The van der Waals surface area contributed by atoms with Crippen LogP contribution in [0.5, 0.6) is 0 Å². The van der Waals surface area contributed by atoms with Crippen LogP contribution in [0, 0.1) is 0 Å². The Morgan fingerprint density at radius 1 is 1.62 bits per heavy atom. The summed E-state index contributed by atoms with van der Waals surface area (Å²) >= 11 is 5.45. The maximum atomic E-state index is 10.4. The number of furan rings is 1. The largest absolute Gasteiger partial charge is 0.475 e. The van der Waals surface area contributed by atoms with Gasteiger partial charge in [0.1, 0.15) is 5.76 Å². The minimum Gasteiger partial charge on any atom is -0.475 e. The Balaban J connectivity index is 2.64. The van der Waals surface area contributed by atoms with E-state index in [1.807, 2.05) is 6.08 Å². The zero-order valence-corrected chi connectivity index (χ0v) is 7.62. The van der Waals surface area contributed by atoms with Gasteiger partial charge in [-0.05, 0) is 24.6 Å². The third-order valence-corrected chi connectivity index (χ3v) is 1.61. The van der Waals surface area contributed by atoms with Crippen LogP contribution in [0.4, 0.5) is 0 Å². The van der Waals surface area contributed by atoms with Crippen molar-refractivity contribution in [2.24, 2.45) is 0 Å². The van der Waals surface area contributed by atoms with Crippen molar-refractivity contribution in [2.75, 3.05) is 5.88 Å². The lowest BCUT2D eigenvalue weighted by Crippen LogP contribution is -1.91. The Morgan fingerprint density at radius 2 is 2.38 bits per heavy atom. The first-order valence-corrected chi connectivity index (χ1v) is 4.33. The molecular weight excluding hydrogens is 192 g/mol. The van der Waals surface area contributed by atoms with Crippen LogP contribution in [0.3, 0.4) is 0 Å². The first kappa shape index (κ1) is 9.86. The minimum absolute atomic E-state index is 0.0504. The lowest BCUT2D eigenvalue weighted by molar-refractivity contribution is 0.0662. The maximum Gasteiger partial charge on any atom is 0.371 e. The number of carboxylic acid groups (broad SMARTS) is 1. The van der Waals surface area contributed by atoms with Gasteiger partial charge in [0.05, 0.1) is 0 Å². The van der Waals surface area contributed by atoms with Crippen LogP contribution < -0.4 is 0 Å². The van der Waals surface area contributed by atoms with Crippen molar-refractivity contribution >= 4 is 23.6 Å². The van der Waals surface area contributed by atoms with Gasteiger partial charge in [0.15, 0.2) is 0 Å². The third kappa shape index (κ3) is 2.95. The lowest BCUT2D eigenvalue weighted by atomic mass is 10.3. The van der Waals surface area contributed by atoms with Gasteiger partial charge < -0.3 is 9.52 Å². The van der Waals surface area contributed by atoms with E-state index in [-0.39, 0.29) is 5.76 Å². The van der Waals surface area contributed by atoms with Gasteiger partial charge in [-0.2, -0.15) is 0 Å². The summed E-state index contributed by atoms with van der Waals surface area (Å²) in [7, 11) is 0. The molecule has 0 aliphatic rings. The summed E-state index contributed by atoms with van der Waals surface area (Å²) in [5, 5.41) is 8.53. The molecule has 0 saturated heterocycles. The van der Waals surface area contributed by atoms with Gasteiger partial charge >= 0.3 is 5.97 Å². The summed E-state index contributed by atoms with van der Waals surface area (Å²) in [6.45, 7) is 0. The Morgan fingerprint density at radius 3 is 2.92 bits per heavy atom. The molecule has 1 aromatic rings. The van der Waals surface area contributed by atoms with E-state index in [2.05, 4.69) is 0 Å². The number of hydrogen-bond acceptors (Lipinski definition) is 2. The molecule has 0 bridgehead atoms.